The number of rotatable bonds is 3. The highest BCUT2D eigenvalue weighted by atomic mass is 32.1. The number of ether oxygens (including phenoxy) is 1. The molecule has 28 heavy (non-hydrogen) atoms. The summed E-state index contributed by atoms with van der Waals surface area (Å²) in [5.41, 5.74) is -0.225. The highest BCUT2D eigenvalue weighted by Crippen LogP contribution is 2.26. The molecule has 0 saturated carbocycles. The van der Waals surface area contributed by atoms with Crippen LogP contribution in [0.25, 0.3) is 6.08 Å². The minimum atomic E-state index is -0.719. The molecule has 0 spiro atoms. The average Bonchev–Trinajstić information content (AvgIpc) is 3.16. The monoisotopic (exact) mass is 401 g/mol. The Hall–Kier alpha value is -3.04. The lowest BCUT2D eigenvalue weighted by Gasteiger charge is -2.29. The van der Waals surface area contributed by atoms with E-state index in [-0.39, 0.29) is 16.4 Å². The van der Waals surface area contributed by atoms with Crippen molar-refractivity contribution in [3.63, 3.8) is 0 Å². The second-order valence-electron chi connectivity index (χ2n) is 6.18. The minimum absolute atomic E-state index is 0.0307. The molecule has 2 amide bonds. The minimum Gasteiger partial charge on any atom is -0.441 e. The Morgan fingerprint density at radius 3 is 2.61 bits per heavy atom. The van der Waals surface area contributed by atoms with Gasteiger partial charge in [0.15, 0.2) is 11.0 Å². The van der Waals surface area contributed by atoms with Gasteiger partial charge in [0.1, 0.15) is 17.2 Å². The molecule has 1 aromatic carbocycles. The topological polar surface area (TPSA) is 75.0 Å². The second-order valence-corrected chi connectivity index (χ2v) is 6.57. The predicted molar refractivity (Wildman–Crippen MR) is 104 cm³/mol. The summed E-state index contributed by atoms with van der Waals surface area (Å²) >= 11 is 5.07. The Morgan fingerprint density at radius 2 is 1.86 bits per heavy atom. The van der Waals surface area contributed by atoms with Gasteiger partial charge in [-0.05, 0) is 36.5 Å². The Morgan fingerprint density at radius 1 is 1.11 bits per heavy atom. The Bertz CT molecular complexity index is 981. The van der Waals surface area contributed by atoms with E-state index in [0.29, 0.717) is 37.9 Å². The predicted octanol–water partition coefficient (Wildman–Crippen LogP) is 2.09. The number of hydrogen-bond donors (Lipinski definition) is 1. The zero-order chi connectivity index (χ0) is 19.7. The standard InChI is InChI=1S/C19H16FN3O4S/c20-14-3-1-2-4-15(14)23-18(25)13(17(24)21-19(23)28)11-12-5-6-16(27-12)22-7-9-26-10-8-22/h1-6,11H,7-10H2,(H,21,24,28). The third kappa shape index (κ3) is 3.41. The van der Waals surface area contributed by atoms with E-state index in [9.17, 15) is 14.0 Å². The van der Waals surface area contributed by atoms with Gasteiger partial charge in [-0.2, -0.15) is 0 Å². The zero-order valence-electron chi connectivity index (χ0n) is 14.7. The van der Waals surface area contributed by atoms with Crippen molar-refractivity contribution in [2.75, 3.05) is 36.1 Å². The van der Waals surface area contributed by atoms with Crippen molar-refractivity contribution in [2.45, 2.75) is 0 Å². The number of anilines is 2. The molecule has 1 aromatic heterocycles. The summed E-state index contributed by atoms with van der Waals surface area (Å²) in [5.74, 6) is -1.04. The number of thiocarbonyl (C=S) groups is 1. The fourth-order valence-corrected chi connectivity index (χ4v) is 3.30. The van der Waals surface area contributed by atoms with Gasteiger partial charge >= 0.3 is 0 Å². The average molecular weight is 401 g/mol. The van der Waals surface area contributed by atoms with Gasteiger partial charge in [-0.15, -0.1) is 0 Å². The van der Waals surface area contributed by atoms with Gasteiger partial charge in [0.25, 0.3) is 11.8 Å². The molecule has 4 rings (SSSR count). The van der Waals surface area contributed by atoms with Gasteiger partial charge in [-0.3, -0.25) is 14.9 Å². The van der Waals surface area contributed by atoms with Crippen LogP contribution < -0.4 is 15.1 Å². The van der Waals surface area contributed by atoms with Crippen LogP contribution in [0.2, 0.25) is 0 Å². The smallest absolute Gasteiger partial charge is 0.270 e. The highest BCUT2D eigenvalue weighted by Gasteiger charge is 2.36. The number of furan rings is 1. The summed E-state index contributed by atoms with van der Waals surface area (Å²) in [4.78, 5) is 28.2. The molecular formula is C19H16FN3O4S. The molecule has 9 heteroatoms. The van der Waals surface area contributed by atoms with Crippen LogP contribution in [0.5, 0.6) is 0 Å². The van der Waals surface area contributed by atoms with Crippen LogP contribution in [0.1, 0.15) is 5.76 Å². The number of carbonyl (C=O) groups is 2. The van der Waals surface area contributed by atoms with Crippen LogP contribution in [0, 0.1) is 5.82 Å². The van der Waals surface area contributed by atoms with Gasteiger partial charge in [0, 0.05) is 19.2 Å². The number of benzene rings is 1. The molecule has 144 valence electrons. The first-order valence-electron chi connectivity index (χ1n) is 8.63. The molecule has 2 aliphatic rings. The number of halogens is 1. The molecule has 1 N–H and O–H groups in total. The summed E-state index contributed by atoms with van der Waals surface area (Å²) in [6.45, 7) is 2.59. The fourth-order valence-electron chi connectivity index (χ4n) is 3.03. The van der Waals surface area contributed by atoms with E-state index in [4.69, 9.17) is 21.4 Å². The van der Waals surface area contributed by atoms with Crippen LogP contribution in [-0.4, -0.2) is 43.2 Å². The maximum absolute atomic E-state index is 14.2. The van der Waals surface area contributed by atoms with Crippen molar-refractivity contribution in [1.29, 1.82) is 0 Å². The third-order valence-electron chi connectivity index (χ3n) is 4.42. The normalized spacial score (nSPS) is 19.3. The summed E-state index contributed by atoms with van der Waals surface area (Å²) in [5, 5.41) is 2.24. The summed E-state index contributed by atoms with van der Waals surface area (Å²) in [7, 11) is 0. The molecule has 2 saturated heterocycles. The molecule has 0 radical (unpaired) electrons. The summed E-state index contributed by atoms with van der Waals surface area (Å²) in [6, 6.07) is 9.14. The quantitative estimate of drug-likeness (QED) is 0.482. The number of amides is 2. The Labute approximate surface area is 165 Å². The first kappa shape index (κ1) is 18.3. The van der Waals surface area contributed by atoms with E-state index < -0.39 is 17.6 Å². The molecule has 0 unspecified atom stereocenters. The lowest BCUT2D eigenvalue weighted by Crippen LogP contribution is -2.54. The second kappa shape index (κ2) is 7.53. The molecule has 0 atom stereocenters. The maximum atomic E-state index is 14.2. The highest BCUT2D eigenvalue weighted by molar-refractivity contribution is 7.80. The van der Waals surface area contributed by atoms with Crippen molar-refractivity contribution in [3.8, 4) is 0 Å². The van der Waals surface area contributed by atoms with Crippen LogP contribution in [0.15, 0.2) is 46.4 Å². The molecular weight excluding hydrogens is 385 g/mol. The molecule has 0 aliphatic carbocycles. The van der Waals surface area contributed by atoms with E-state index in [1.165, 1.54) is 24.3 Å². The van der Waals surface area contributed by atoms with E-state index in [0.717, 1.165) is 4.90 Å². The molecule has 2 aromatic rings. The van der Waals surface area contributed by atoms with Crippen molar-refractivity contribution in [3.05, 3.63) is 53.5 Å². The van der Waals surface area contributed by atoms with Gasteiger partial charge < -0.3 is 14.1 Å². The third-order valence-corrected chi connectivity index (χ3v) is 4.70. The largest absolute Gasteiger partial charge is 0.441 e. The lowest BCUT2D eigenvalue weighted by molar-refractivity contribution is -0.122. The van der Waals surface area contributed by atoms with Gasteiger partial charge in [-0.1, -0.05) is 12.1 Å². The number of para-hydroxylation sites is 1. The Balaban J connectivity index is 1.64. The van der Waals surface area contributed by atoms with Crippen LogP contribution >= 0.6 is 12.2 Å². The number of morpholine rings is 1. The van der Waals surface area contributed by atoms with Crippen LogP contribution in [0.4, 0.5) is 16.0 Å². The van der Waals surface area contributed by atoms with E-state index in [2.05, 4.69) is 5.32 Å². The van der Waals surface area contributed by atoms with E-state index in [1.54, 1.807) is 18.2 Å². The van der Waals surface area contributed by atoms with E-state index in [1.807, 2.05) is 4.90 Å². The first-order chi connectivity index (χ1) is 13.5. The number of nitrogens with zero attached hydrogens (tertiary/aromatic N) is 2. The maximum Gasteiger partial charge on any atom is 0.270 e. The summed E-state index contributed by atoms with van der Waals surface area (Å²) in [6.07, 6.45) is 1.33. The van der Waals surface area contributed by atoms with Crippen LogP contribution in [-0.2, 0) is 14.3 Å². The first-order valence-corrected chi connectivity index (χ1v) is 9.04. The molecule has 2 fully saturated rings. The van der Waals surface area contributed by atoms with Gasteiger partial charge in [0.2, 0.25) is 0 Å². The van der Waals surface area contributed by atoms with Crippen molar-refractivity contribution >= 4 is 46.8 Å². The zero-order valence-corrected chi connectivity index (χ0v) is 15.5. The molecule has 3 heterocycles. The molecule has 2 aliphatic heterocycles. The summed E-state index contributed by atoms with van der Waals surface area (Å²) < 4.78 is 25.2. The number of hydrogen-bond acceptors (Lipinski definition) is 6. The number of nitrogens with one attached hydrogen (secondary N) is 1. The van der Waals surface area contributed by atoms with Gasteiger partial charge in [-0.25, -0.2) is 9.29 Å². The SMILES string of the molecule is O=C1NC(=S)N(c2ccccc2F)C(=O)C1=Cc1ccc(N2CCOCC2)o1. The van der Waals surface area contributed by atoms with Crippen molar-refractivity contribution in [1.82, 2.24) is 5.32 Å². The van der Waals surface area contributed by atoms with Crippen molar-refractivity contribution in [2.24, 2.45) is 0 Å². The Kier molecular flexibility index (Phi) is 4.93. The van der Waals surface area contributed by atoms with E-state index >= 15 is 0 Å². The fraction of sp³-hybridized carbons (Fsp3) is 0.211. The van der Waals surface area contributed by atoms with Gasteiger partial charge in [0.05, 0.1) is 18.9 Å². The molecule has 0 bridgehead atoms. The van der Waals surface area contributed by atoms with Crippen molar-refractivity contribution < 1.29 is 23.1 Å². The number of carbonyl (C=O) groups excluding carboxylic acids is 2. The molecule has 7 nitrogen and oxygen atoms in total. The lowest BCUT2D eigenvalue weighted by atomic mass is 10.1. The van der Waals surface area contributed by atoms with Crippen LogP contribution in [0.3, 0.4) is 0 Å².